The number of carbonyl (C=O) groups is 1. The number of hydrogen-bond acceptors (Lipinski definition) is 5. The van der Waals surface area contributed by atoms with E-state index < -0.39 is 17.6 Å². The molecule has 0 bridgehead atoms. The smallest absolute Gasteiger partial charge is 0.382 e. The van der Waals surface area contributed by atoms with Crippen LogP contribution in [0, 0.1) is 0 Å². The molecule has 0 atom stereocenters. The van der Waals surface area contributed by atoms with Crippen LogP contribution in [0.25, 0.3) is 0 Å². The molecule has 1 aliphatic rings. The molecule has 5 nitrogen and oxygen atoms in total. The summed E-state index contributed by atoms with van der Waals surface area (Å²) in [5.74, 6) is -0.855. The number of nitrogen functional groups attached to an aromatic ring is 1. The normalized spacial score (nSPS) is 16.9. The highest BCUT2D eigenvalue weighted by Gasteiger charge is 2.64. The second-order valence-electron chi connectivity index (χ2n) is 4.76. The Hall–Kier alpha value is -1.51. The minimum Gasteiger partial charge on any atom is -0.382 e. The highest BCUT2D eigenvalue weighted by molar-refractivity contribution is 7.18. The van der Waals surface area contributed by atoms with Crippen molar-refractivity contribution in [3.8, 4) is 0 Å². The van der Waals surface area contributed by atoms with Gasteiger partial charge in [0.15, 0.2) is 5.13 Å². The number of aromatic nitrogens is 1. The second-order valence-corrected chi connectivity index (χ2v) is 5.74. The lowest BCUT2D eigenvalue weighted by Gasteiger charge is -2.20. The van der Waals surface area contributed by atoms with Crippen LogP contribution in [0.15, 0.2) is 0 Å². The molecule has 0 radical (unpaired) electrons. The third-order valence-corrected chi connectivity index (χ3v) is 4.48. The lowest BCUT2D eigenvalue weighted by molar-refractivity contribution is -0.163. The number of hydrogen-bond donors (Lipinski definition) is 2. The van der Waals surface area contributed by atoms with Crippen molar-refractivity contribution in [2.45, 2.75) is 31.5 Å². The van der Waals surface area contributed by atoms with Gasteiger partial charge in [-0.15, -0.1) is 0 Å². The van der Waals surface area contributed by atoms with Gasteiger partial charge < -0.3 is 16.0 Å². The zero-order valence-corrected chi connectivity index (χ0v) is 11.9. The van der Waals surface area contributed by atoms with E-state index in [1.807, 2.05) is 12.2 Å². The number of halogens is 3. The molecule has 0 saturated heterocycles. The summed E-state index contributed by atoms with van der Waals surface area (Å²) in [6.45, 7) is 2.54. The molecule has 20 heavy (non-hydrogen) atoms. The summed E-state index contributed by atoms with van der Waals surface area (Å²) in [6, 6.07) is 0. The van der Waals surface area contributed by atoms with E-state index >= 15 is 0 Å². The van der Waals surface area contributed by atoms with Crippen molar-refractivity contribution in [2.24, 2.45) is 0 Å². The highest BCUT2D eigenvalue weighted by atomic mass is 32.1. The maximum absolute atomic E-state index is 12.8. The SMILES string of the molecule is CCN(C)c1nc(N)c(C(=O)NC2(C(F)(F)F)CC2)s1. The highest BCUT2D eigenvalue weighted by Crippen LogP contribution is 2.49. The van der Waals surface area contributed by atoms with Crippen LogP contribution in [0.4, 0.5) is 24.1 Å². The Kier molecular flexibility index (Phi) is 3.57. The van der Waals surface area contributed by atoms with Gasteiger partial charge >= 0.3 is 6.18 Å². The van der Waals surface area contributed by atoms with Crippen LogP contribution in [0.1, 0.15) is 29.4 Å². The van der Waals surface area contributed by atoms with E-state index in [4.69, 9.17) is 5.73 Å². The molecule has 1 aromatic heterocycles. The summed E-state index contributed by atoms with van der Waals surface area (Å²) in [4.78, 5) is 17.7. The summed E-state index contributed by atoms with van der Waals surface area (Å²) < 4.78 is 38.4. The number of alkyl halides is 3. The van der Waals surface area contributed by atoms with E-state index in [-0.39, 0.29) is 23.5 Å². The van der Waals surface area contributed by atoms with Crippen LogP contribution in [0.3, 0.4) is 0 Å². The van der Waals surface area contributed by atoms with E-state index in [2.05, 4.69) is 4.98 Å². The Bertz CT molecular complexity index is 524. The van der Waals surface area contributed by atoms with Gasteiger partial charge in [-0.25, -0.2) is 4.98 Å². The Morgan fingerprint density at radius 3 is 2.60 bits per heavy atom. The van der Waals surface area contributed by atoms with E-state index in [9.17, 15) is 18.0 Å². The molecule has 1 heterocycles. The molecular formula is C11H15F3N4OS. The number of thiazole rings is 1. The summed E-state index contributed by atoms with van der Waals surface area (Å²) in [6.07, 6.45) is -4.63. The molecule has 1 aromatic rings. The second kappa shape index (κ2) is 4.80. The van der Waals surface area contributed by atoms with E-state index in [0.717, 1.165) is 11.3 Å². The topological polar surface area (TPSA) is 71.2 Å². The van der Waals surface area contributed by atoms with Crippen molar-refractivity contribution in [3.63, 3.8) is 0 Å². The molecule has 1 amide bonds. The zero-order chi connectivity index (χ0) is 15.1. The van der Waals surface area contributed by atoms with Gasteiger partial charge in [-0.2, -0.15) is 13.2 Å². The molecular weight excluding hydrogens is 293 g/mol. The first-order valence-corrected chi connectivity index (χ1v) is 6.88. The molecule has 0 unspecified atom stereocenters. The Morgan fingerprint density at radius 1 is 1.55 bits per heavy atom. The van der Waals surface area contributed by atoms with E-state index in [0.29, 0.717) is 11.7 Å². The quantitative estimate of drug-likeness (QED) is 0.892. The fraction of sp³-hybridized carbons (Fsp3) is 0.636. The number of nitrogens with two attached hydrogens (primary N) is 1. The third kappa shape index (κ3) is 2.54. The molecule has 0 aliphatic heterocycles. The van der Waals surface area contributed by atoms with Crippen molar-refractivity contribution in [2.75, 3.05) is 24.2 Å². The van der Waals surface area contributed by atoms with Crippen molar-refractivity contribution < 1.29 is 18.0 Å². The Labute approximate surface area is 118 Å². The molecule has 1 saturated carbocycles. The van der Waals surface area contributed by atoms with Gasteiger partial charge in [-0.05, 0) is 19.8 Å². The standard InChI is InChI=1S/C11H15F3N4OS/c1-3-18(2)9-16-7(15)6(20-9)8(19)17-10(4-5-10)11(12,13)14/h3-5,15H2,1-2H3,(H,17,19). The summed E-state index contributed by atoms with van der Waals surface area (Å²) in [5.41, 5.74) is 3.53. The van der Waals surface area contributed by atoms with Crippen LogP contribution in [0.2, 0.25) is 0 Å². The van der Waals surface area contributed by atoms with Gasteiger partial charge in [0.25, 0.3) is 5.91 Å². The van der Waals surface area contributed by atoms with Crippen LogP contribution in [0.5, 0.6) is 0 Å². The monoisotopic (exact) mass is 308 g/mol. The summed E-state index contributed by atoms with van der Waals surface area (Å²) in [7, 11) is 1.76. The number of amides is 1. The van der Waals surface area contributed by atoms with Gasteiger partial charge in [0.2, 0.25) is 0 Å². The lowest BCUT2D eigenvalue weighted by atomic mass is 10.2. The molecule has 0 aromatic carbocycles. The largest absolute Gasteiger partial charge is 0.411 e. The predicted octanol–water partition coefficient (Wildman–Crippen LogP) is 2.01. The number of nitrogens with zero attached hydrogens (tertiary/aromatic N) is 2. The number of nitrogens with one attached hydrogen (secondary N) is 1. The van der Waals surface area contributed by atoms with Gasteiger partial charge in [-0.3, -0.25) is 4.79 Å². The van der Waals surface area contributed by atoms with Crippen molar-refractivity contribution in [3.05, 3.63) is 4.88 Å². The number of rotatable bonds is 4. The first-order valence-electron chi connectivity index (χ1n) is 6.07. The minimum absolute atomic E-state index is 0.0239. The van der Waals surface area contributed by atoms with Crippen LogP contribution in [-0.2, 0) is 0 Å². The average Bonchev–Trinajstić information content (AvgIpc) is 3.04. The van der Waals surface area contributed by atoms with E-state index in [1.165, 1.54) is 0 Å². The zero-order valence-electron chi connectivity index (χ0n) is 11.0. The summed E-state index contributed by atoms with van der Waals surface area (Å²) in [5, 5.41) is 2.55. The van der Waals surface area contributed by atoms with Crippen LogP contribution >= 0.6 is 11.3 Å². The molecule has 9 heteroatoms. The van der Waals surface area contributed by atoms with Crippen molar-refractivity contribution in [1.29, 1.82) is 0 Å². The average molecular weight is 308 g/mol. The fourth-order valence-electron chi connectivity index (χ4n) is 1.66. The molecule has 2 rings (SSSR count). The van der Waals surface area contributed by atoms with Crippen LogP contribution < -0.4 is 16.0 Å². The maximum Gasteiger partial charge on any atom is 0.411 e. The molecule has 3 N–H and O–H groups in total. The molecule has 1 aliphatic carbocycles. The molecule has 1 fully saturated rings. The Morgan fingerprint density at radius 2 is 2.15 bits per heavy atom. The maximum atomic E-state index is 12.8. The molecule has 0 spiro atoms. The Balaban J connectivity index is 2.17. The lowest BCUT2D eigenvalue weighted by Crippen LogP contribution is -2.47. The number of anilines is 2. The first-order chi connectivity index (χ1) is 9.20. The van der Waals surface area contributed by atoms with Gasteiger partial charge in [0, 0.05) is 13.6 Å². The third-order valence-electron chi connectivity index (χ3n) is 3.29. The van der Waals surface area contributed by atoms with Gasteiger partial charge in [-0.1, -0.05) is 11.3 Å². The van der Waals surface area contributed by atoms with E-state index in [1.54, 1.807) is 11.9 Å². The fourth-order valence-corrected chi connectivity index (χ4v) is 2.57. The molecule has 112 valence electrons. The van der Waals surface area contributed by atoms with Gasteiger partial charge in [0.1, 0.15) is 16.2 Å². The summed E-state index contributed by atoms with van der Waals surface area (Å²) >= 11 is 0.990. The van der Waals surface area contributed by atoms with Gasteiger partial charge in [0.05, 0.1) is 0 Å². The first kappa shape index (κ1) is 14.9. The van der Waals surface area contributed by atoms with Crippen molar-refractivity contribution >= 4 is 28.2 Å². The van der Waals surface area contributed by atoms with Crippen LogP contribution in [-0.4, -0.2) is 36.2 Å². The number of carbonyl (C=O) groups excluding carboxylic acids is 1. The van der Waals surface area contributed by atoms with Crippen molar-refractivity contribution in [1.82, 2.24) is 10.3 Å². The predicted molar refractivity (Wildman–Crippen MR) is 71.0 cm³/mol. The minimum atomic E-state index is -4.44.